The van der Waals surface area contributed by atoms with Gasteiger partial charge < -0.3 is 4.90 Å². The summed E-state index contributed by atoms with van der Waals surface area (Å²) in [5, 5.41) is 4.02. The highest BCUT2D eigenvalue weighted by Crippen LogP contribution is 2.19. The van der Waals surface area contributed by atoms with Gasteiger partial charge >= 0.3 is 0 Å². The number of hydrogen-bond donors (Lipinski definition) is 0. The van der Waals surface area contributed by atoms with Gasteiger partial charge in [-0.1, -0.05) is 0 Å². The lowest BCUT2D eigenvalue weighted by Crippen LogP contribution is -2.39. The molecule has 0 aromatic carbocycles. The molecule has 1 aromatic rings. The maximum atomic E-state index is 12.5. The topological polar surface area (TPSA) is 58.4 Å². The van der Waals surface area contributed by atoms with E-state index in [4.69, 9.17) is 11.6 Å². The van der Waals surface area contributed by atoms with Gasteiger partial charge in [0.05, 0.1) is 12.7 Å². The van der Waals surface area contributed by atoms with Crippen molar-refractivity contribution in [1.29, 1.82) is 0 Å². The Morgan fingerprint density at radius 2 is 2.30 bits per heavy atom. The summed E-state index contributed by atoms with van der Waals surface area (Å²) in [6.07, 6.45) is 5.09. The van der Waals surface area contributed by atoms with Crippen LogP contribution in [0.5, 0.6) is 0 Å². The molecule has 2 rings (SSSR count). The molecule has 0 bridgehead atoms. The largest absolute Gasteiger partial charge is 0.302 e. The number of nitrogens with zero attached hydrogens (tertiary/aromatic N) is 4. The Bertz CT molecular complexity index is 545. The number of likely N-dealkylation sites (N-methyl/N-ethyl adjacent to an activating group) is 2. The lowest BCUT2D eigenvalue weighted by Gasteiger charge is -2.24. The zero-order chi connectivity index (χ0) is 14.8. The third kappa shape index (κ3) is 3.33. The molecule has 114 valence electrons. The molecule has 0 saturated carbocycles. The first-order valence-electron chi connectivity index (χ1n) is 6.70. The minimum atomic E-state index is -3.47. The second-order valence-corrected chi connectivity index (χ2v) is 7.61. The number of likely N-dealkylation sites (tertiary alicyclic amines) is 1. The van der Waals surface area contributed by atoms with Crippen molar-refractivity contribution >= 4 is 21.6 Å². The zero-order valence-corrected chi connectivity index (χ0v) is 13.4. The fourth-order valence-corrected chi connectivity index (χ4v) is 3.81. The molecule has 1 saturated heterocycles. The van der Waals surface area contributed by atoms with Crippen LogP contribution < -0.4 is 0 Å². The summed E-state index contributed by atoms with van der Waals surface area (Å²) in [6, 6.07) is 0.299. The minimum Gasteiger partial charge on any atom is -0.302 e. The molecule has 1 unspecified atom stereocenters. The number of halogens is 1. The Hall–Kier alpha value is -0.630. The summed E-state index contributed by atoms with van der Waals surface area (Å²) in [6.45, 7) is 2.05. The van der Waals surface area contributed by atoms with Crippen molar-refractivity contribution in [1.82, 2.24) is 19.0 Å². The van der Waals surface area contributed by atoms with E-state index < -0.39 is 10.0 Å². The van der Waals surface area contributed by atoms with Gasteiger partial charge in [-0.15, -0.1) is 11.6 Å². The Morgan fingerprint density at radius 1 is 1.55 bits per heavy atom. The molecule has 1 fully saturated rings. The molecule has 6 nitrogen and oxygen atoms in total. The standard InChI is InChI=1S/C12H21ClN4O2S/c1-15-6-3-4-11(15)9-16(2)20(18,19)12-8-14-17(10-12)7-5-13/h8,10-11H,3-7,9H2,1-2H3. The number of hydrogen-bond acceptors (Lipinski definition) is 4. The summed E-state index contributed by atoms with van der Waals surface area (Å²) >= 11 is 5.63. The van der Waals surface area contributed by atoms with Crippen LogP contribution in [-0.4, -0.2) is 66.5 Å². The van der Waals surface area contributed by atoms with Crippen LogP contribution in [0, 0.1) is 0 Å². The number of rotatable bonds is 6. The molecular formula is C12H21ClN4O2S. The van der Waals surface area contributed by atoms with Crippen molar-refractivity contribution in [2.24, 2.45) is 0 Å². The molecule has 2 heterocycles. The van der Waals surface area contributed by atoms with Crippen molar-refractivity contribution in [3.8, 4) is 0 Å². The molecule has 0 amide bonds. The van der Waals surface area contributed by atoms with E-state index in [1.165, 1.54) is 16.7 Å². The van der Waals surface area contributed by atoms with E-state index in [9.17, 15) is 8.42 Å². The second-order valence-electron chi connectivity index (χ2n) is 5.19. The van der Waals surface area contributed by atoms with Crippen LogP contribution in [0.25, 0.3) is 0 Å². The Labute approximate surface area is 125 Å². The zero-order valence-electron chi connectivity index (χ0n) is 11.9. The molecule has 8 heteroatoms. The van der Waals surface area contributed by atoms with Gasteiger partial charge in [0, 0.05) is 31.7 Å². The summed E-state index contributed by atoms with van der Waals surface area (Å²) < 4.78 is 27.9. The molecule has 1 aliphatic heterocycles. The van der Waals surface area contributed by atoms with Gasteiger partial charge in [0.1, 0.15) is 4.90 Å². The third-order valence-corrected chi connectivity index (χ3v) is 5.72. The number of aromatic nitrogens is 2. The fourth-order valence-electron chi connectivity index (χ4n) is 2.47. The highest BCUT2D eigenvalue weighted by atomic mass is 35.5. The van der Waals surface area contributed by atoms with Crippen LogP contribution in [0.1, 0.15) is 12.8 Å². The molecule has 0 aliphatic carbocycles. The van der Waals surface area contributed by atoms with Gasteiger partial charge in [0.25, 0.3) is 0 Å². The maximum Gasteiger partial charge on any atom is 0.245 e. The fraction of sp³-hybridized carbons (Fsp3) is 0.750. The Balaban J connectivity index is 2.08. The summed E-state index contributed by atoms with van der Waals surface area (Å²) in [4.78, 5) is 2.44. The highest BCUT2D eigenvalue weighted by molar-refractivity contribution is 7.89. The first kappa shape index (κ1) is 15.8. The molecule has 0 radical (unpaired) electrons. The predicted molar refractivity (Wildman–Crippen MR) is 78.4 cm³/mol. The number of alkyl halides is 1. The van der Waals surface area contributed by atoms with E-state index in [0.29, 0.717) is 25.0 Å². The van der Waals surface area contributed by atoms with Crippen LogP contribution in [0.15, 0.2) is 17.3 Å². The molecule has 1 aromatic heterocycles. The first-order chi connectivity index (χ1) is 9.45. The highest BCUT2D eigenvalue weighted by Gasteiger charge is 2.28. The van der Waals surface area contributed by atoms with Crippen LogP contribution in [0.3, 0.4) is 0 Å². The van der Waals surface area contributed by atoms with Crippen molar-refractivity contribution in [2.75, 3.05) is 33.1 Å². The van der Waals surface area contributed by atoms with Crippen molar-refractivity contribution < 1.29 is 8.42 Å². The van der Waals surface area contributed by atoms with Gasteiger partial charge in [-0.3, -0.25) is 4.68 Å². The molecule has 0 N–H and O–H groups in total. The average Bonchev–Trinajstić information content (AvgIpc) is 3.00. The normalized spacial score (nSPS) is 20.9. The van der Waals surface area contributed by atoms with Gasteiger partial charge in [0.15, 0.2) is 0 Å². The molecule has 1 aliphatic rings. The lowest BCUT2D eigenvalue weighted by atomic mass is 10.2. The SMILES string of the molecule is CN1CCCC1CN(C)S(=O)(=O)c1cnn(CCCl)c1. The number of aryl methyl sites for hydroxylation is 1. The van der Waals surface area contributed by atoms with E-state index in [1.807, 2.05) is 7.05 Å². The summed E-state index contributed by atoms with van der Waals surface area (Å²) in [7, 11) is 0.197. The lowest BCUT2D eigenvalue weighted by molar-refractivity contribution is 0.271. The average molecular weight is 321 g/mol. The van der Waals surface area contributed by atoms with Crippen LogP contribution in [-0.2, 0) is 16.6 Å². The maximum absolute atomic E-state index is 12.5. The smallest absolute Gasteiger partial charge is 0.245 e. The third-order valence-electron chi connectivity index (χ3n) is 3.77. The quantitative estimate of drug-likeness (QED) is 0.729. The van der Waals surface area contributed by atoms with E-state index in [0.717, 1.165) is 19.4 Å². The Morgan fingerprint density at radius 3 is 2.90 bits per heavy atom. The van der Waals surface area contributed by atoms with E-state index >= 15 is 0 Å². The van der Waals surface area contributed by atoms with E-state index in [1.54, 1.807) is 11.7 Å². The molecule has 1 atom stereocenters. The molecule has 0 spiro atoms. The number of sulfonamides is 1. The van der Waals surface area contributed by atoms with E-state index in [2.05, 4.69) is 10.00 Å². The van der Waals surface area contributed by atoms with E-state index in [-0.39, 0.29) is 4.90 Å². The predicted octanol–water partition coefficient (Wildman–Crippen LogP) is 0.837. The van der Waals surface area contributed by atoms with Gasteiger partial charge in [-0.05, 0) is 26.4 Å². The van der Waals surface area contributed by atoms with Crippen LogP contribution in [0.4, 0.5) is 0 Å². The van der Waals surface area contributed by atoms with Gasteiger partial charge in [0.2, 0.25) is 10.0 Å². The Kier molecular flexibility index (Phi) is 5.06. The second kappa shape index (κ2) is 6.43. The first-order valence-corrected chi connectivity index (χ1v) is 8.67. The minimum absolute atomic E-state index is 0.228. The van der Waals surface area contributed by atoms with Crippen molar-refractivity contribution in [3.63, 3.8) is 0 Å². The monoisotopic (exact) mass is 320 g/mol. The van der Waals surface area contributed by atoms with Crippen molar-refractivity contribution in [2.45, 2.75) is 30.3 Å². The van der Waals surface area contributed by atoms with Gasteiger partial charge in [-0.2, -0.15) is 9.40 Å². The van der Waals surface area contributed by atoms with Crippen molar-refractivity contribution in [3.05, 3.63) is 12.4 Å². The van der Waals surface area contributed by atoms with Gasteiger partial charge in [-0.25, -0.2) is 8.42 Å². The summed E-state index contributed by atoms with van der Waals surface area (Å²) in [5.41, 5.74) is 0. The summed E-state index contributed by atoms with van der Waals surface area (Å²) in [5.74, 6) is 0.407. The van der Waals surface area contributed by atoms with Crippen LogP contribution >= 0.6 is 11.6 Å². The van der Waals surface area contributed by atoms with Crippen LogP contribution in [0.2, 0.25) is 0 Å². The molecule has 20 heavy (non-hydrogen) atoms. The molecular weight excluding hydrogens is 300 g/mol.